The van der Waals surface area contributed by atoms with Gasteiger partial charge in [0.25, 0.3) is 0 Å². The minimum absolute atomic E-state index is 0.0578. The number of nitrogens with two attached hydrogens (primary N) is 2. The van der Waals surface area contributed by atoms with E-state index in [0.717, 1.165) is 70.2 Å². The molecule has 2 fully saturated rings. The molecule has 2 aliphatic rings. The second-order valence-electron chi connectivity index (χ2n) is 6.96. The largest absolute Gasteiger partial charge is 0.370 e. The van der Waals surface area contributed by atoms with Crippen LogP contribution in [0.5, 0.6) is 0 Å². The average Bonchev–Trinajstić information content (AvgIpc) is 3.13. The van der Waals surface area contributed by atoms with Crippen molar-refractivity contribution in [2.45, 2.75) is 32.1 Å². The third-order valence-corrected chi connectivity index (χ3v) is 5.11. The van der Waals surface area contributed by atoms with Gasteiger partial charge < -0.3 is 26.6 Å². The first-order valence-electron chi connectivity index (χ1n) is 9.27. The van der Waals surface area contributed by atoms with E-state index in [0.29, 0.717) is 5.95 Å². The van der Waals surface area contributed by atoms with Crippen LogP contribution in [0.25, 0.3) is 0 Å². The molecule has 138 valence electrons. The molecule has 2 saturated heterocycles. The molecule has 8 heteroatoms. The fourth-order valence-corrected chi connectivity index (χ4v) is 3.61. The minimum Gasteiger partial charge on any atom is -0.370 e. The number of anilines is 3. The smallest absolute Gasteiger partial charge is 0.223 e. The summed E-state index contributed by atoms with van der Waals surface area (Å²) in [5.74, 6) is 1.93. The number of amides is 1. The van der Waals surface area contributed by atoms with Crippen LogP contribution < -0.4 is 21.7 Å². The molecule has 0 radical (unpaired) electrons. The van der Waals surface area contributed by atoms with Gasteiger partial charge in [-0.25, -0.2) is 0 Å². The molecule has 1 aromatic heterocycles. The Hall–Kier alpha value is -2.09. The first-order valence-corrected chi connectivity index (χ1v) is 9.27. The van der Waals surface area contributed by atoms with Crippen LogP contribution in [0.15, 0.2) is 6.07 Å². The van der Waals surface area contributed by atoms with Crippen molar-refractivity contribution in [3.63, 3.8) is 0 Å². The quantitative estimate of drug-likeness (QED) is 0.621. The lowest BCUT2D eigenvalue weighted by molar-refractivity contribution is -0.123. The monoisotopic (exact) mass is 347 g/mol. The van der Waals surface area contributed by atoms with Crippen molar-refractivity contribution in [2.75, 3.05) is 55.2 Å². The highest BCUT2D eigenvalue weighted by molar-refractivity contribution is 5.76. The van der Waals surface area contributed by atoms with E-state index in [1.54, 1.807) is 0 Å². The molecule has 0 aromatic carbocycles. The van der Waals surface area contributed by atoms with Crippen molar-refractivity contribution in [2.24, 2.45) is 11.7 Å². The molecule has 2 aliphatic heterocycles. The Labute approximate surface area is 149 Å². The highest BCUT2D eigenvalue weighted by Crippen LogP contribution is 2.21. The van der Waals surface area contributed by atoms with Gasteiger partial charge in [0.2, 0.25) is 11.9 Å². The summed E-state index contributed by atoms with van der Waals surface area (Å²) in [5, 5.41) is 3.36. The highest BCUT2D eigenvalue weighted by atomic mass is 16.1. The predicted octanol–water partition coefficient (Wildman–Crippen LogP) is 0.658. The molecule has 3 heterocycles. The molecule has 1 amide bonds. The van der Waals surface area contributed by atoms with Crippen LogP contribution in [0.2, 0.25) is 0 Å². The third-order valence-electron chi connectivity index (χ3n) is 5.11. The van der Waals surface area contributed by atoms with E-state index < -0.39 is 0 Å². The standard InChI is InChI=1S/C17H29N7O/c18-16(25)13-4-10-23(11-5-13)7-3-6-20-14-12-15(22-17(19)21-14)24-8-1-2-9-24/h12-13H,1-11H2,(H2,18,25)(H3,19,20,21,22). The van der Waals surface area contributed by atoms with Gasteiger partial charge in [-0.05, 0) is 51.7 Å². The number of aromatic nitrogens is 2. The van der Waals surface area contributed by atoms with Gasteiger partial charge in [-0.15, -0.1) is 0 Å². The molecule has 0 spiro atoms. The third kappa shape index (κ3) is 4.94. The summed E-state index contributed by atoms with van der Waals surface area (Å²) in [5.41, 5.74) is 11.2. The van der Waals surface area contributed by atoms with Gasteiger partial charge in [0, 0.05) is 31.6 Å². The zero-order valence-electron chi connectivity index (χ0n) is 14.8. The number of likely N-dealkylation sites (tertiary alicyclic amines) is 1. The molecule has 5 N–H and O–H groups in total. The second-order valence-corrected chi connectivity index (χ2v) is 6.96. The molecule has 0 saturated carbocycles. The lowest BCUT2D eigenvalue weighted by Gasteiger charge is -2.30. The Kier molecular flexibility index (Phi) is 5.91. The van der Waals surface area contributed by atoms with E-state index in [9.17, 15) is 4.79 Å². The first kappa shape index (κ1) is 17.7. The van der Waals surface area contributed by atoms with Gasteiger partial charge >= 0.3 is 0 Å². The molecule has 0 atom stereocenters. The van der Waals surface area contributed by atoms with Crippen LogP contribution in [0.4, 0.5) is 17.6 Å². The molecule has 8 nitrogen and oxygen atoms in total. The Balaban J connectivity index is 1.41. The average molecular weight is 347 g/mol. The van der Waals surface area contributed by atoms with Crippen molar-refractivity contribution in [1.29, 1.82) is 0 Å². The maximum absolute atomic E-state index is 11.2. The van der Waals surface area contributed by atoms with Crippen molar-refractivity contribution in [3.05, 3.63) is 6.07 Å². The molecule has 1 aromatic rings. The fourth-order valence-electron chi connectivity index (χ4n) is 3.61. The summed E-state index contributed by atoms with van der Waals surface area (Å²) in [6.45, 7) is 5.83. The predicted molar refractivity (Wildman–Crippen MR) is 99.4 cm³/mol. The lowest BCUT2D eigenvalue weighted by atomic mass is 9.96. The lowest BCUT2D eigenvalue weighted by Crippen LogP contribution is -2.39. The Bertz CT molecular complexity index is 580. The highest BCUT2D eigenvalue weighted by Gasteiger charge is 2.22. The van der Waals surface area contributed by atoms with E-state index in [-0.39, 0.29) is 11.8 Å². The number of piperidine rings is 1. The van der Waals surface area contributed by atoms with Crippen molar-refractivity contribution in [3.8, 4) is 0 Å². The van der Waals surface area contributed by atoms with Crippen molar-refractivity contribution >= 4 is 23.5 Å². The number of rotatable bonds is 7. The molecule has 3 rings (SSSR count). The van der Waals surface area contributed by atoms with Gasteiger partial charge in [0.05, 0.1) is 0 Å². The number of carbonyl (C=O) groups excluding carboxylic acids is 1. The van der Waals surface area contributed by atoms with Gasteiger partial charge in [-0.2, -0.15) is 9.97 Å². The number of primary amides is 1. The first-order chi connectivity index (χ1) is 12.1. The maximum atomic E-state index is 11.2. The normalized spacial score (nSPS) is 19.3. The van der Waals surface area contributed by atoms with Gasteiger partial charge in [-0.3, -0.25) is 4.79 Å². The van der Waals surface area contributed by atoms with E-state index in [1.807, 2.05) is 6.07 Å². The molecule has 0 unspecified atom stereocenters. The summed E-state index contributed by atoms with van der Waals surface area (Å²) in [7, 11) is 0. The molecule has 25 heavy (non-hydrogen) atoms. The maximum Gasteiger partial charge on any atom is 0.223 e. The van der Waals surface area contributed by atoms with E-state index in [4.69, 9.17) is 11.5 Å². The summed E-state index contributed by atoms with van der Waals surface area (Å²) < 4.78 is 0. The topological polar surface area (TPSA) is 113 Å². The van der Waals surface area contributed by atoms with Gasteiger partial charge in [0.15, 0.2) is 0 Å². The number of nitrogen functional groups attached to an aromatic ring is 1. The summed E-state index contributed by atoms with van der Waals surface area (Å²) in [4.78, 5) is 24.5. The number of nitrogens with zero attached hydrogens (tertiary/aromatic N) is 4. The van der Waals surface area contributed by atoms with E-state index in [2.05, 4.69) is 25.1 Å². The Morgan fingerprint density at radius 2 is 1.92 bits per heavy atom. The molecule has 0 aliphatic carbocycles. The minimum atomic E-state index is -0.156. The van der Waals surface area contributed by atoms with Crippen LogP contribution in [-0.4, -0.2) is 60.0 Å². The number of hydrogen-bond donors (Lipinski definition) is 3. The van der Waals surface area contributed by atoms with Crippen molar-refractivity contribution < 1.29 is 4.79 Å². The summed E-state index contributed by atoms with van der Waals surface area (Å²) >= 11 is 0. The number of hydrogen-bond acceptors (Lipinski definition) is 7. The number of carbonyl (C=O) groups is 1. The van der Waals surface area contributed by atoms with Crippen LogP contribution >= 0.6 is 0 Å². The SMILES string of the molecule is NC(=O)C1CCN(CCCNc2cc(N3CCCC3)nc(N)n2)CC1. The molecular weight excluding hydrogens is 318 g/mol. The zero-order chi connectivity index (χ0) is 17.6. The van der Waals surface area contributed by atoms with Gasteiger partial charge in [0.1, 0.15) is 11.6 Å². The van der Waals surface area contributed by atoms with Crippen LogP contribution in [0.3, 0.4) is 0 Å². The van der Waals surface area contributed by atoms with Crippen LogP contribution in [-0.2, 0) is 4.79 Å². The summed E-state index contributed by atoms with van der Waals surface area (Å²) in [6.07, 6.45) is 5.19. The van der Waals surface area contributed by atoms with E-state index >= 15 is 0 Å². The number of nitrogens with one attached hydrogen (secondary N) is 1. The van der Waals surface area contributed by atoms with Crippen LogP contribution in [0.1, 0.15) is 32.1 Å². The molecular formula is C17H29N7O. The van der Waals surface area contributed by atoms with Crippen LogP contribution in [0, 0.1) is 5.92 Å². The summed E-state index contributed by atoms with van der Waals surface area (Å²) in [6, 6.07) is 1.99. The molecule has 0 bridgehead atoms. The van der Waals surface area contributed by atoms with E-state index in [1.165, 1.54) is 12.8 Å². The fraction of sp³-hybridized carbons (Fsp3) is 0.706. The Morgan fingerprint density at radius 1 is 1.20 bits per heavy atom. The Morgan fingerprint density at radius 3 is 2.60 bits per heavy atom. The zero-order valence-corrected chi connectivity index (χ0v) is 14.8. The van der Waals surface area contributed by atoms with Gasteiger partial charge in [-0.1, -0.05) is 0 Å². The second kappa shape index (κ2) is 8.33. The van der Waals surface area contributed by atoms with Crippen molar-refractivity contribution in [1.82, 2.24) is 14.9 Å².